The lowest BCUT2D eigenvalue weighted by Crippen LogP contribution is -2.16. The fourth-order valence-corrected chi connectivity index (χ4v) is 6.46. The Morgan fingerprint density at radius 2 is 0.867 bits per heavy atom. The van der Waals surface area contributed by atoms with E-state index in [4.69, 9.17) is 33.4 Å². The van der Waals surface area contributed by atoms with Crippen molar-refractivity contribution in [2.24, 2.45) is 0 Å². The molecule has 0 N–H and O–H groups in total. The first-order chi connectivity index (χ1) is 21.6. The van der Waals surface area contributed by atoms with Gasteiger partial charge in [0.05, 0.1) is 52.9 Å². The standard InChI is InChI=1S/C28H26N4O11S2/c29-31-23-9-7-19-21(27(23)33)3-1-5-25(19)44(35,36)42-17-15-40-13-11-39-12-14-41-16-18-43-45(37,38)26-6-2-4-22-20(26)8-10-24(32-30)28(22)34/h1-10H,11-18H2. The van der Waals surface area contributed by atoms with Gasteiger partial charge in [0.15, 0.2) is 9.95 Å². The first kappa shape index (κ1) is 33.4. The van der Waals surface area contributed by atoms with E-state index in [9.17, 15) is 27.0 Å². The molecular formula is C28H26N4O11S2. The maximum atomic E-state index is 12.7. The van der Waals surface area contributed by atoms with Crippen LogP contribution in [0.1, 0.15) is 0 Å². The van der Waals surface area contributed by atoms with E-state index < -0.39 is 31.7 Å². The number of hydrogen-bond donors (Lipinski definition) is 0. The molecule has 45 heavy (non-hydrogen) atoms. The molecule has 0 saturated heterocycles. The maximum absolute atomic E-state index is 12.7. The van der Waals surface area contributed by atoms with E-state index >= 15 is 0 Å². The van der Waals surface area contributed by atoms with Gasteiger partial charge in [-0.15, -0.1) is 0 Å². The Morgan fingerprint density at radius 1 is 0.511 bits per heavy atom. The van der Waals surface area contributed by atoms with Crippen LogP contribution in [0.5, 0.6) is 11.5 Å². The number of ether oxygens (including phenoxy) is 3. The summed E-state index contributed by atoms with van der Waals surface area (Å²) in [5.74, 6) is -1.23. The van der Waals surface area contributed by atoms with E-state index in [0.29, 0.717) is 0 Å². The summed E-state index contributed by atoms with van der Waals surface area (Å²) in [5.41, 5.74) is -0.424. The van der Waals surface area contributed by atoms with Crippen LogP contribution in [0.2, 0.25) is 0 Å². The van der Waals surface area contributed by atoms with E-state index in [1.54, 1.807) is 0 Å². The average molecular weight is 659 g/mol. The van der Waals surface area contributed by atoms with Gasteiger partial charge in [-0.3, -0.25) is 8.37 Å². The van der Waals surface area contributed by atoms with Crippen LogP contribution in [0.25, 0.3) is 31.5 Å². The molecule has 0 saturated carbocycles. The molecule has 236 valence electrons. The van der Waals surface area contributed by atoms with Gasteiger partial charge in [0, 0.05) is 22.9 Å². The summed E-state index contributed by atoms with van der Waals surface area (Å²) >= 11 is 0. The van der Waals surface area contributed by atoms with Gasteiger partial charge in [0.25, 0.3) is 20.2 Å². The van der Waals surface area contributed by atoms with Crippen molar-refractivity contribution >= 4 is 53.2 Å². The monoisotopic (exact) mass is 658 g/mol. The molecule has 0 unspecified atom stereocenters. The molecule has 4 rings (SSSR count). The van der Waals surface area contributed by atoms with Gasteiger partial charge in [-0.25, -0.2) is 0 Å². The molecule has 0 bridgehead atoms. The SMILES string of the molecule is N#[N+]c1ccc2c(S(=O)(=O)OCCOCCOCCOCCOS(=O)(=O)c3cccc4c([O-])c([N+]#N)ccc34)cccc2c1[O-]. The van der Waals surface area contributed by atoms with E-state index in [1.807, 2.05) is 0 Å². The zero-order chi connectivity index (χ0) is 32.5. The summed E-state index contributed by atoms with van der Waals surface area (Å²) in [4.78, 5) is 5.38. The summed E-state index contributed by atoms with van der Waals surface area (Å²) in [6, 6.07) is 13.4. The zero-order valence-corrected chi connectivity index (χ0v) is 25.2. The largest absolute Gasteiger partial charge is 0.867 e. The Kier molecular flexibility index (Phi) is 11.2. The van der Waals surface area contributed by atoms with Gasteiger partial charge in [0.2, 0.25) is 10.8 Å². The number of benzene rings is 4. The number of fused-ring (bicyclic) bond motifs is 2. The van der Waals surface area contributed by atoms with Gasteiger partial charge >= 0.3 is 11.4 Å². The minimum Gasteiger partial charge on any atom is -0.867 e. The summed E-state index contributed by atoms with van der Waals surface area (Å²) in [6.45, 7) is -0.0654. The highest BCUT2D eigenvalue weighted by Gasteiger charge is 2.22. The Hall–Kier alpha value is -4.46. The lowest BCUT2D eigenvalue weighted by atomic mass is 10.1. The quantitative estimate of drug-likeness (QED) is 0.0960. The fraction of sp³-hybridized carbons (Fsp3) is 0.286. The molecule has 4 aromatic carbocycles. The highest BCUT2D eigenvalue weighted by molar-refractivity contribution is 7.87. The molecule has 0 heterocycles. The molecule has 0 aliphatic rings. The summed E-state index contributed by atoms with van der Waals surface area (Å²) in [5, 5.41) is 42.8. The van der Waals surface area contributed by atoms with Gasteiger partial charge in [0.1, 0.15) is 9.79 Å². The third-order valence-electron chi connectivity index (χ3n) is 6.33. The second-order valence-corrected chi connectivity index (χ2v) is 12.3. The van der Waals surface area contributed by atoms with Crippen molar-refractivity contribution in [3.63, 3.8) is 0 Å². The third-order valence-corrected chi connectivity index (χ3v) is 9.08. The Bertz CT molecular complexity index is 1850. The number of rotatable bonds is 16. The summed E-state index contributed by atoms with van der Waals surface area (Å²) in [7, 11) is -8.41. The Balaban J connectivity index is 1.10. The van der Waals surface area contributed by atoms with Gasteiger partial charge in [-0.1, -0.05) is 24.3 Å². The topological polar surface area (TPSA) is 217 Å². The van der Waals surface area contributed by atoms with Crippen LogP contribution in [0.15, 0.2) is 70.5 Å². The van der Waals surface area contributed by atoms with Crippen LogP contribution < -0.4 is 10.2 Å². The fourth-order valence-electron chi connectivity index (χ4n) is 4.25. The highest BCUT2D eigenvalue weighted by atomic mass is 32.2. The van der Waals surface area contributed by atoms with Gasteiger partial charge in [-0.05, 0) is 46.5 Å². The summed E-state index contributed by atoms with van der Waals surface area (Å²) < 4.78 is 76.6. The lowest BCUT2D eigenvalue weighted by Gasteiger charge is -2.12. The van der Waals surface area contributed by atoms with Crippen LogP contribution >= 0.6 is 0 Å². The van der Waals surface area contributed by atoms with E-state index in [-0.39, 0.29) is 95.6 Å². The predicted molar refractivity (Wildman–Crippen MR) is 155 cm³/mol. The van der Waals surface area contributed by atoms with Gasteiger partial charge in [-0.2, -0.15) is 16.8 Å². The van der Waals surface area contributed by atoms with Crippen LogP contribution in [0.4, 0.5) is 11.4 Å². The van der Waals surface area contributed by atoms with Gasteiger partial charge < -0.3 is 24.4 Å². The minimum atomic E-state index is -4.21. The van der Waals surface area contributed by atoms with Crippen LogP contribution in [-0.2, 0) is 42.8 Å². The van der Waals surface area contributed by atoms with E-state index in [2.05, 4.69) is 9.95 Å². The third kappa shape index (κ3) is 7.98. The van der Waals surface area contributed by atoms with Crippen LogP contribution in [0, 0.1) is 10.8 Å². The molecule has 0 aliphatic heterocycles. The Morgan fingerprint density at radius 3 is 1.22 bits per heavy atom. The number of hydrogen-bond acceptors (Lipinski definition) is 13. The second kappa shape index (κ2) is 15.0. The van der Waals surface area contributed by atoms with Crippen LogP contribution in [0.3, 0.4) is 0 Å². The molecule has 0 aromatic heterocycles. The average Bonchev–Trinajstić information content (AvgIpc) is 3.03. The second-order valence-electron chi connectivity index (χ2n) is 9.12. The van der Waals surface area contributed by atoms with Crippen molar-refractivity contribution in [1.29, 1.82) is 10.8 Å². The zero-order valence-electron chi connectivity index (χ0n) is 23.5. The van der Waals surface area contributed by atoms with Crippen molar-refractivity contribution < 1.29 is 49.6 Å². The maximum Gasteiger partial charge on any atom is 0.378 e. The molecule has 0 radical (unpaired) electrons. The summed E-state index contributed by atoms with van der Waals surface area (Å²) in [6.07, 6.45) is 0. The van der Waals surface area contributed by atoms with Crippen LogP contribution in [-0.4, -0.2) is 69.7 Å². The molecule has 0 fully saturated rings. The molecule has 15 nitrogen and oxygen atoms in total. The molecule has 0 amide bonds. The first-order valence-corrected chi connectivity index (χ1v) is 16.1. The van der Waals surface area contributed by atoms with E-state index in [1.165, 1.54) is 60.7 Å². The molecule has 0 aliphatic carbocycles. The molecule has 4 aromatic rings. The smallest absolute Gasteiger partial charge is 0.378 e. The highest BCUT2D eigenvalue weighted by Crippen LogP contribution is 2.36. The van der Waals surface area contributed by atoms with Crippen molar-refractivity contribution in [1.82, 2.24) is 0 Å². The minimum absolute atomic E-state index is 0.0548. The number of diazo groups is 2. The predicted octanol–water partition coefficient (Wildman–Crippen LogP) is 3.27. The first-order valence-electron chi connectivity index (χ1n) is 13.3. The lowest BCUT2D eigenvalue weighted by molar-refractivity contribution is -0.265. The molecule has 0 atom stereocenters. The normalized spacial score (nSPS) is 11.9. The molecule has 0 spiro atoms. The molecule has 17 heteroatoms. The number of nitrogens with zero attached hydrogens (tertiary/aromatic N) is 4. The van der Waals surface area contributed by atoms with Crippen molar-refractivity contribution in [2.75, 3.05) is 52.9 Å². The van der Waals surface area contributed by atoms with Crippen molar-refractivity contribution in [3.05, 3.63) is 70.6 Å². The van der Waals surface area contributed by atoms with Crippen molar-refractivity contribution in [3.8, 4) is 11.5 Å². The Labute approximate surface area is 258 Å². The molecular weight excluding hydrogens is 632 g/mol. The van der Waals surface area contributed by atoms with Crippen molar-refractivity contribution in [2.45, 2.75) is 9.79 Å². The van der Waals surface area contributed by atoms with E-state index in [0.717, 1.165) is 0 Å².